The number of benzene rings is 2. The molecule has 0 saturated carbocycles. The Morgan fingerprint density at radius 3 is 2.29 bits per heavy atom. The Morgan fingerprint density at radius 2 is 1.68 bits per heavy atom. The van der Waals surface area contributed by atoms with Gasteiger partial charge in [-0.3, -0.25) is 4.79 Å². The lowest BCUT2D eigenvalue weighted by molar-refractivity contribution is -0.137. The summed E-state index contributed by atoms with van der Waals surface area (Å²) < 4.78 is 72.5. The maximum Gasteiger partial charge on any atom is 0.417 e. The highest BCUT2D eigenvalue weighted by Gasteiger charge is 2.35. The minimum atomic E-state index is -4.71. The summed E-state index contributed by atoms with van der Waals surface area (Å²) in [5.74, 6) is -0.886. The molecule has 0 unspecified atom stereocenters. The number of carbonyl (C=O) groups is 1. The highest BCUT2D eigenvalue weighted by molar-refractivity contribution is 7.89. The molecule has 0 bridgehead atoms. The summed E-state index contributed by atoms with van der Waals surface area (Å²) in [5, 5.41) is 2.37. The summed E-state index contributed by atoms with van der Waals surface area (Å²) >= 11 is 0. The number of nitrogens with zero attached hydrogens (tertiary/aromatic N) is 1. The average Bonchev–Trinajstić information content (AvgIpc) is 3.03. The third-order valence-corrected chi connectivity index (χ3v) is 6.99. The van der Waals surface area contributed by atoms with Crippen LogP contribution < -0.4 is 10.1 Å². The lowest BCUT2D eigenvalue weighted by Gasteiger charge is -2.21. The van der Waals surface area contributed by atoms with Crippen molar-refractivity contribution >= 4 is 21.6 Å². The number of ether oxygens (including phenoxy) is 1. The van der Waals surface area contributed by atoms with E-state index in [1.54, 1.807) is 0 Å². The molecule has 1 heterocycles. The van der Waals surface area contributed by atoms with Crippen LogP contribution in [0.4, 0.5) is 18.9 Å². The second kappa shape index (κ2) is 9.27. The fraction of sp³-hybridized carbons (Fsp3) is 0.381. The molecule has 0 radical (unpaired) electrons. The quantitative estimate of drug-likeness (QED) is 0.717. The third-order valence-electron chi connectivity index (χ3n) is 5.10. The van der Waals surface area contributed by atoms with Crippen molar-refractivity contribution in [3.05, 3.63) is 53.6 Å². The molecule has 0 atom stereocenters. The molecule has 1 fully saturated rings. The van der Waals surface area contributed by atoms with E-state index in [0.29, 0.717) is 13.1 Å². The molecule has 3 rings (SSSR count). The van der Waals surface area contributed by atoms with Crippen LogP contribution in [0.25, 0.3) is 0 Å². The zero-order chi connectivity index (χ0) is 22.6. The molecule has 1 amide bonds. The Balaban J connectivity index is 1.94. The van der Waals surface area contributed by atoms with Crippen LogP contribution in [0.1, 0.15) is 41.6 Å². The lowest BCUT2D eigenvalue weighted by Crippen LogP contribution is -2.32. The van der Waals surface area contributed by atoms with Crippen LogP contribution >= 0.6 is 0 Å². The van der Waals surface area contributed by atoms with Gasteiger partial charge in [-0.25, -0.2) is 8.42 Å². The largest absolute Gasteiger partial charge is 0.495 e. The van der Waals surface area contributed by atoms with Gasteiger partial charge in [0.2, 0.25) is 10.0 Å². The maximum atomic E-state index is 13.3. The van der Waals surface area contributed by atoms with E-state index in [-0.39, 0.29) is 16.3 Å². The van der Waals surface area contributed by atoms with Gasteiger partial charge in [0.15, 0.2) is 0 Å². The molecule has 1 saturated heterocycles. The summed E-state index contributed by atoms with van der Waals surface area (Å²) in [5.41, 5.74) is -1.68. The Labute approximate surface area is 179 Å². The number of hydrogen-bond donors (Lipinski definition) is 1. The Bertz CT molecular complexity index is 1050. The van der Waals surface area contributed by atoms with E-state index in [0.717, 1.165) is 37.8 Å². The zero-order valence-electron chi connectivity index (χ0n) is 16.9. The molecule has 31 heavy (non-hydrogen) atoms. The first-order valence-corrected chi connectivity index (χ1v) is 11.2. The van der Waals surface area contributed by atoms with Crippen LogP contribution in [0.5, 0.6) is 5.75 Å². The molecule has 1 aliphatic heterocycles. The molecule has 6 nitrogen and oxygen atoms in total. The molecule has 0 aliphatic carbocycles. The average molecular weight is 456 g/mol. The van der Waals surface area contributed by atoms with Gasteiger partial charge in [0.1, 0.15) is 5.75 Å². The van der Waals surface area contributed by atoms with Gasteiger partial charge in [-0.1, -0.05) is 25.0 Å². The number of nitrogens with one attached hydrogen (secondary N) is 1. The molecule has 2 aromatic carbocycles. The predicted octanol–water partition coefficient (Wildman–Crippen LogP) is 4.53. The molecule has 0 aromatic heterocycles. The van der Waals surface area contributed by atoms with Crippen molar-refractivity contribution in [2.45, 2.75) is 36.8 Å². The molecule has 10 heteroatoms. The van der Waals surface area contributed by atoms with Crippen molar-refractivity contribution in [1.82, 2.24) is 4.31 Å². The van der Waals surface area contributed by atoms with Crippen molar-refractivity contribution in [2.75, 3.05) is 25.5 Å². The van der Waals surface area contributed by atoms with E-state index in [2.05, 4.69) is 5.32 Å². The molecule has 1 aliphatic rings. The van der Waals surface area contributed by atoms with E-state index in [9.17, 15) is 26.4 Å². The van der Waals surface area contributed by atoms with Crippen LogP contribution in [-0.2, 0) is 16.2 Å². The first-order chi connectivity index (χ1) is 14.6. The number of alkyl halides is 3. The Morgan fingerprint density at radius 1 is 1.03 bits per heavy atom. The number of hydrogen-bond acceptors (Lipinski definition) is 4. The van der Waals surface area contributed by atoms with Crippen LogP contribution in [0, 0.1) is 0 Å². The number of anilines is 1. The minimum absolute atomic E-state index is 0.0274. The van der Waals surface area contributed by atoms with E-state index in [4.69, 9.17) is 4.74 Å². The van der Waals surface area contributed by atoms with Gasteiger partial charge in [0, 0.05) is 13.1 Å². The number of rotatable bonds is 5. The van der Waals surface area contributed by atoms with Crippen LogP contribution in [0.2, 0.25) is 0 Å². The van der Waals surface area contributed by atoms with Crippen LogP contribution in [-0.4, -0.2) is 38.8 Å². The zero-order valence-corrected chi connectivity index (χ0v) is 17.7. The first kappa shape index (κ1) is 23.1. The van der Waals surface area contributed by atoms with E-state index in [1.807, 2.05) is 0 Å². The molecule has 1 N–H and O–H groups in total. The summed E-state index contributed by atoms with van der Waals surface area (Å²) in [6.45, 7) is 0.796. The molecular formula is C21H23F3N2O4S. The van der Waals surface area contributed by atoms with Gasteiger partial charge in [0.25, 0.3) is 5.91 Å². The van der Waals surface area contributed by atoms with Gasteiger partial charge < -0.3 is 10.1 Å². The molecule has 168 valence electrons. The van der Waals surface area contributed by atoms with Gasteiger partial charge in [-0.2, -0.15) is 17.5 Å². The van der Waals surface area contributed by atoms with Crippen molar-refractivity contribution in [3.63, 3.8) is 0 Å². The normalized spacial score (nSPS) is 15.9. The van der Waals surface area contributed by atoms with Crippen LogP contribution in [0.15, 0.2) is 47.4 Å². The van der Waals surface area contributed by atoms with Crippen molar-refractivity contribution in [2.24, 2.45) is 0 Å². The second-order valence-corrected chi connectivity index (χ2v) is 9.12. The highest BCUT2D eigenvalue weighted by Crippen LogP contribution is 2.34. The molecular weight excluding hydrogens is 433 g/mol. The fourth-order valence-electron chi connectivity index (χ4n) is 3.49. The summed E-state index contributed by atoms with van der Waals surface area (Å²) in [6, 6.07) is 8.33. The SMILES string of the molecule is COc1ccc(S(=O)(=O)N2CCCCCC2)cc1NC(=O)c1ccccc1C(F)(F)F. The van der Waals surface area contributed by atoms with Gasteiger partial charge in [-0.15, -0.1) is 0 Å². The Kier molecular flexibility index (Phi) is 6.90. The number of carbonyl (C=O) groups excluding carboxylic acids is 1. The summed E-state index contributed by atoms with van der Waals surface area (Å²) in [6.07, 6.45) is -1.29. The third kappa shape index (κ3) is 5.19. The summed E-state index contributed by atoms with van der Waals surface area (Å²) in [7, 11) is -2.50. The minimum Gasteiger partial charge on any atom is -0.495 e. The highest BCUT2D eigenvalue weighted by atomic mass is 32.2. The maximum absolute atomic E-state index is 13.3. The second-order valence-electron chi connectivity index (χ2n) is 7.18. The van der Waals surface area contributed by atoms with E-state index >= 15 is 0 Å². The monoisotopic (exact) mass is 456 g/mol. The standard InChI is InChI=1S/C21H23F3N2O4S/c1-30-19-11-10-15(31(28,29)26-12-6-2-3-7-13-26)14-18(19)25-20(27)16-8-4-5-9-17(16)21(22,23)24/h4-5,8-11,14H,2-3,6-7,12-13H2,1H3,(H,25,27). The first-order valence-electron chi connectivity index (χ1n) is 9.80. The Hall–Kier alpha value is -2.59. The van der Waals surface area contributed by atoms with Crippen molar-refractivity contribution in [3.8, 4) is 5.75 Å². The van der Waals surface area contributed by atoms with Gasteiger partial charge in [0.05, 0.1) is 28.8 Å². The topological polar surface area (TPSA) is 75.7 Å². The fourth-order valence-corrected chi connectivity index (χ4v) is 5.04. The summed E-state index contributed by atoms with van der Waals surface area (Å²) in [4.78, 5) is 12.6. The number of halogens is 3. The lowest BCUT2D eigenvalue weighted by atomic mass is 10.1. The van der Waals surface area contributed by atoms with Crippen LogP contribution in [0.3, 0.4) is 0 Å². The molecule has 2 aromatic rings. The predicted molar refractivity (Wildman–Crippen MR) is 110 cm³/mol. The van der Waals surface area contributed by atoms with Crippen molar-refractivity contribution < 1.29 is 31.1 Å². The number of amides is 1. The molecule has 0 spiro atoms. The van der Waals surface area contributed by atoms with Gasteiger partial charge in [-0.05, 0) is 43.2 Å². The van der Waals surface area contributed by atoms with E-state index < -0.39 is 33.2 Å². The number of methoxy groups -OCH3 is 1. The van der Waals surface area contributed by atoms with Crippen molar-refractivity contribution in [1.29, 1.82) is 0 Å². The number of sulfonamides is 1. The van der Waals surface area contributed by atoms with Gasteiger partial charge >= 0.3 is 6.18 Å². The smallest absolute Gasteiger partial charge is 0.417 e. The van der Waals surface area contributed by atoms with E-state index in [1.165, 1.54) is 41.7 Å².